The van der Waals surface area contributed by atoms with Gasteiger partial charge in [0.15, 0.2) is 8.32 Å². The minimum absolute atomic E-state index is 0.136. The average molecular weight is 292 g/mol. The highest BCUT2D eigenvalue weighted by Gasteiger charge is 2.24. The molecule has 1 aromatic rings. The minimum Gasteiger partial charge on any atom is -0.401 e. The highest BCUT2D eigenvalue weighted by atomic mass is 31.1. The molecule has 0 heterocycles. The number of hydrogen-bond donors (Lipinski definition) is 0. The second-order valence-corrected chi connectivity index (χ2v) is 12.8. The van der Waals surface area contributed by atoms with Crippen LogP contribution < -0.4 is 0 Å². The van der Waals surface area contributed by atoms with E-state index in [4.69, 9.17) is 4.43 Å². The average Bonchev–Trinajstić information content (AvgIpc) is 2.37. The molecule has 1 aromatic carbocycles. The van der Waals surface area contributed by atoms with E-state index in [1.54, 1.807) is 0 Å². The Labute approximate surface area is 120 Å². The van der Waals surface area contributed by atoms with Gasteiger partial charge >= 0.3 is 0 Å². The van der Waals surface area contributed by atoms with Crippen LogP contribution in [-0.4, -0.2) is 26.5 Å². The Bertz CT molecular complexity index is 424. The van der Waals surface area contributed by atoms with Crippen LogP contribution in [0.4, 0.5) is 0 Å². The Kier molecular flexibility index (Phi) is 6.79. The van der Waals surface area contributed by atoms with Crippen LogP contribution in [0.25, 0.3) is 0 Å². The summed E-state index contributed by atoms with van der Waals surface area (Å²) in [6, 6.07) is 10.2. The summed E-state index contributed by atoms with van der Waals surface area (Å²) in [5.41, 5.74) is 1.08. The molecule has 0 fully saturated rings. The van der Waals surface area contributed by atoms with Gasteiger partial charge in [-0.25, -0.2) is 0 Å². The maximum absolute atomic E-state index is 6.30. The Hall–Kier alpha value is -0.613. The van der Waals surface area contributed by atoms with Crippen molar-refractivity contribution in [3.63, 3.8) is 0 Å². The third-order valence-corrected chi connectivity index (χ3v) is 6.39. The van der Waals surface area contributed by atoms with E-state index in [1.807, 2.05) is 18.2 Å². The predicted molar refractivity (Wildman–Crippen MR) is 89.5 cm³/mol. The molecule has 19 heavy (non-hydrogen) atoms. The van der Waals surface area contributed by atoms with Crippen molar-refractivity contribution in [1.29, 1.82) is 0 Å². The summed E-state index contributed by atoms with van der Waals surface area (Å²) in [5, 5.41) is 0. The van der Waals surface area contributed by atoms with Crippen molar-refractivity contribution >= 4 is 16.2 Å². The van der Waals surface area contributed by atoms with E-state index >= 15 is 0 Å². The maximum Gasteiger partial charge on any atom is 0.185 e. The summed E-state index contributed by atoms with van der Waals surface area (Å²) in [6.45, 7) is 11.2. The second kappa shape index (κ2) is 7.85. The minimum atomic E-state index is -1.54. The Morgan fingerprint density at radius 1 is 1.11 bits per heavy atom. The largest absolute Gasteiger partial charge is 0.401 e. The van der Waals surface area contributed by atoms with Crippen LogP contribution in [0.5, 0.6) is 0 Å². The third-order valence-electron chi connectivity index (χ3n) is 2.72. The van der Waals surface area contributed by atoms with E-state index in [2.05, 4.69) is 57.5 Å². The fourth-order valence-corrected chi connectivity index (χ4v) is 5.38. The molecule has 0 aromatic heterocycles. The molecule has 0 amide bonds. The normalized spacial score (nSPS) is 12.9. The first-order valence-electron chi connectivity index (χ1n) is 6.94. The van der Waals surface area contributed by atoms with Gasteiger partial charge in [0.1, 0.15) is 5.85 Å². The zero-order valence-electron chi connectivity index (χ0n) is 12.7. The van der Waals surface area contributed by atoms with Crippen LogP contribution in [0.1, 0.15) is 19.4 Å². The van der Waals surface area contributed by atoms with Crippen molar-refractivity contribution in [2.45, 2.75) is 39.3 Å². The van der Waals surface area contributed by atoms with Crippen LogP contribution in [0.2, 0.25) is 19.6 Å². The van der Waals surface area contributed by atoms with Crippen molar-refractivity contribution < 1.29 is 4.43 Å². The lowest BCUT2D eigenvalue weighted by Gasteiger charge is -2.28. The number of hydrogen-bond acceptors (Lipinski definition) is 1. The summed E-state index contributed by atoms with van der Waals surface area (Å²) in [7, 11) is -1.68. The summed E-state index contributed by atoms with van der Waals surface area (Å²) in [6.07, 6.45) is 2.37. The SMILES string of the molecule is CCP(CC)C(C#Cc1ccccc1)O[Si](C)(C)C. The van der Waals surface area contributed by atoms with E-state index in [-0.39, 0.29) is 13.8 Å². The summed E-state index contributed by atoms with van der Waals surface area (Å²) < 4.78 is 6.30. The van der Waals surface area contributed by atoms with E-state index in [0.717, 1.165) is 5.56 Å². The third kappa shape index (κ3) is 6.39. The molecule has 0 aliphatic heterocycles. The van der Waals surface area contributed by atoms with Crippen LogP contribution in [0.15, 0.2) is 30.3 Å². The Balaban J connectivity index is 2.88. The molecular formula is C16H25OPSi. The molecule has 0 aliphatic rings. The maximum atomic E-state index is 6.30. The van der Waals surface area contributed by atoms with E-state index in [0.29, 0.717) is 0 Å². The fraction of sp³-hybridized carbons (Fsp3) is 0.500. The molecule has 3 heteroatoms. The van der Waals surface area contributed by atoms with Gasteiger partial charge in [-0.2, -0.15) is 0 Å². The molecule has 0 spiro atoms. The van der Waals surface area contributed by atoms with E-state index in [1.165, 1.54) is 12.3 Å². The van der Waals surface area contributed by atoms with E-state index < -0.39 is 8.32 Å². The monoisotopic (exact) mass is 292 g/mol. The molecule has 104 valence electrons. The highest BCUT2D eigenvalue weighted by Crippen LogP contribution is 2.41. The van der Waals surface area contributed by atoms with Crippen molar-refractivity contribution in [2.24, 2.45) is 0 Å². The molecule has 1 nitrogen and oxygen atoms in total. The van der Waals surface area contributed by atoms with Crippen molar-refractivity contribution in [3.8, 4) is 11.8 Å². The van der Waals surface area contributed by atoms with Crippen molar-refractivity contribution in [1.82, 2.24) is 0 Å². The van der Waals surface area contributed by atoms with Gasteiger partial charge in [0.2, 0.25) is 0 Å². The second-order valence-electron chi connectivity index (χ2n) is 5.44. The molecule has 0 saturated carbocycles. The lowest BCUT2D eigenvalue weighted by Crippen LogP contribution is -2.31. The fourth-order valence-electron chi connectivity index (χ4n) is 1.75. The van der Waals surface area contributed by atoms with Crippen LogP contribution >= 0.6 is 7.92 Å². The molecular weight excluding hydrogens is 267 g/mol. The zero-order valence-corrected chi connectivity index (χ0v) is 14.6. The first kappa shape index (κ1) is 16.4. The molecule has 0 saturated heterocycles. The van der Waals surface area contributed by atoms with E-state index in [9.17, 15) is 0 Å². The standard InChI is InChI=1S/C16H25OPSi/c1-6-18(7-2)16(17-19(3,4)5)14-13-15-11-9-8-10-12-15/h8-12,16H,6-7H2,1-5H3. The smallest absolute Gasteiger partial charge is 0.185 e. The summed E-state index contributed by atoms with van der Waals surface area (Å²) >= 11 is 0. The number of rotatable bonds is 5. The molecule has 0 bridgehead atoms. The zero-order chi connectivity index (χ0) is 14.3. The molecule has 0 radical (unpaired) electrons. The van der Waals surface area contributed by atoms with Crippen LogP contribution in [0.3, 0.4) is 0 Å². The van der Waals surface area contributed by atoms with Gasteiger partial charge in [-0.3, -0.25) is 0 Å². The van der Waals surface area contributed by atoms with Gasteiger partial charge < -0.3 is 4.43 Å². The topological polar surface area (TPSA) is 9.23 Å². The van der Waals surface area contributed by atoms with Crippen molar-refractivity contribution in [2.75, 3.05) is 12.3 Å². The predicted octanol–water partition coefficient (Wildman–Crippen LogP) is 4.74. The Morgan fingerprint density at radius 2 is 1.68 bits per heavy atom. The van der Waals surface area contributed by atoms with Crippen LogP contribution in [0, 0.1) is 11.8 Å². The number of benzene rings is 1. The van der Waals surface area contributed by atoms with Gasteiger partial charge in [0.25, 0.3) is 0 Å². The van der Waals surface area contributed by atoms with Gasteiger partial charge in [-0.05, 0) is 44.1 Å². The Morgan fingerprint density at radius 3 is 2.16 bits per heavy atom. The first-order valence-corrected chi connectivity index (χ1v) is 12.1. The van der Waals surface area contributed by atoms with Crippen molar-refractivity contribution in [3.05, 3.63) is 35.9 Å². The first-order chi connectivity index (χ1) is 8.96. The molecule has 0 aliphatic carbocycles. The molecule has 1 rings (SSSR count). The molecule has 1 unspecified atom stereocenters. The van der Waals surface area contributed by atoms with Gasteiger partial charge in [-0.15, -0.1) is 0 Å². The lowest BCUT2D eigenvalue weighted by atomic mass is 10.2. The molecule has 0 N–H and O–H groups in total. The lowest BCUT2D eigenvalue weighted by molar-refractivity contribution is 0.328. The molecule has 1 atom stereocenters. The summed E-state index contributed by atoms with van der Waals surface area (Å²) in [5.74, 6) is 6.80. The highest BCUT2D eigenvalue weighted by molar-refractivity contribution is 7.58. The van der Waals surface area contributed by atoms with Gasteiger partial charge in [0, 0.05) is 5.56 Å². The van der Waals surface area contributed by atoms with Gasteiger partial charge in [0.05, 0.1) is 0 Å². The summed E-state index contributed by atoms with van der Waals surface area (Å²) in [4.78, 5) is 0. The van der Waals surface area contributed by atoms with Crippen LogP contribution in [-0.2, 0) is 4.43 Å². The van der Waals surface area contributed by atoms with Gasteiger partial charge in [-0.1, -0.05) is 51.8 Å². The quantitative estimate of drug-likeness (QED) is 0.433.